The molecule has 1 N–H and O–H groups in total. The Morgan fingerprint density at radius 1 is 1.05 bits per heavy atom. The van der Waals surface area contributed by atoms with E-state index in [-0.39, 0.29) is 19.1 Å². The molecular formula is C28H37Cl2N3O6S. The lowest BCUT2D eigenvalue weighted by atomic mass is 9.84. The molecule has 2 aromatic rings. The summed E-state index contributed by atoms with van der Waals surface area (Å²) in [6, 6.07) is 9.40. The highest BCUT2D eigenvalue weighted by Crippen LogP contribution is 2.40. The lowest BCUT2D eigenvalue weighted by Crippen LogP contribution is -2.34. The van der Waals surface area contributed by atoms with Crippen LogP contribution in [0.5, 0.6) is 0 Å². The van der Waals surface area contributed by atoms with Crippen LogP contribution in [0.4, 0.5) is 4.79 Å². The highest BCUT2D eigenvalue weighted by atomic mass is 35.5. The molecule has 0 aromatic heterocycles. The molecule has 1 atom stereocenters. The van der Waals surface area contributed by atoms with Crippen molar-refractivity contribution in [3.63, 3.8) is 0 Å². The van der Waals surface area contributed by atoms with Crippen LogP contribution in [-0.4, -0.2) is 82.4 Å². The number of benzene rings is 2. The SMILES string of the molecule is CN1Cc2c(Cl)cc(Cl)cc2C(c2ccc3c(c2)S(=O)(=O)N(CCOCCOCCNC(=O)OC(C)(C)C)C3)C1. The third-order valence-corrected chi connectivity index (χ3v) is 9.21. The van der Waals surface area contributed by atoms with Crippen molar-refractivity contribution in [3.8, 4) is 0 Å². The molecule has 2 aromatic carbocycles. The van der Waals surface area contributed by atoms with Gasteiger partial charge in [-0.3, -0.25) is 0 Å². The summed E-state index contributed by atoms with van der Waals surface area (Å²) in [5, 5.41) is 3.82. The first-order valence-corrected chi connectivity index (χ1v) is 15.5. The average Bonchev–Trinajstić information content (AvgIpc) is 3.11. The standard InChI is InChI=1S/C28H37Cl2N3O6S/c1-28(2,3)39-27(34)31-7-9-37-11-12-38-10-8-33-16-20-6-5-19(13-26(20)40(33,35)36)23-17-32(4)18-24-22(23)14-21(29)15-25(24)30/h5-6,13-15,23H,7-12,16-18H2,1-4H3,(H,31,34). The smallest absolute Gasteiger partial charge is 0.407 e. The minimum atomic E-state index is -3.64. The summed E-state index contributed by atoms with van der Waals surface area (Å²) in [5.74, 6) is -0.0397. The van der Waals surface area contributed by atoms with Crippen LogP contribution in [0, 0.1) is 0 Å². The van der Waals surface area contributed by atoms with Gasteiger partial charge in [-0.05, 0) is 68.3 Å². The zero-order valence-corrected chi connectivity index (χ0v) is 25.7. The van der Waals surface area contributed by atoms with Crippen LogP contribution in [-0.2, 0) is 37.3 Å². The van der Waals surface area contributed by atoms with E-state index in [0.29, 0.717) is 54.4 Å². The number of fused-ring (bicyclic) bond motifs is 2. The summed E-state index contributed by atoms with van der Waals surface area (Å²) in [6.45, 7) is 8.94. The normalized spacial score (nSPS) is 18.8. The van der Waals surface area contributed by atoms with Gasteiger partial charge in [-0.15, -0.1) is 0 Å². The zero-order chi connectivity index (χ0) is 29.1. The minimum absolute atomic E-state index is 0.0397. The Kier molecular flexibility index (Phi) is 10.0. The summed E-state index contributed by atoms with van der Waals surface area (Å²) in [5.41, 5.74) is 3.21. The molecule has 0 radical (unpaired) electrons. The van der Waals surface area contributed by atoms with Crippen LogP contribution in [0.1, 0.15) is 48.9 Å². The van der Waals surface area contributed by atoms with Crippen molar-refractivity contribution < 1.29 is 27.4 Å². The number of carbonyl (C=O) groups is 1. The maximum absolute atomic E-state index is 13.4. The first kappa shape index (κ1) is 31.0. The number of ether oxygens (including phenoxy) is 3. The molecule has 0 bridgehead atoms. The summed E-state index contributed by atoms with van der Waals surface area (Å²) in [4.78, 5) is 14.1. The van der Waals surface area contributed by atoms with Gasteiger partial charge in [-0.1, -0.05) is 35.3 Å². The number of alkyl carbamates (subject to hydrolysis) is 1. The number of hydrogen-bond donors (Lipinski definition) is 1. The summed E-state index contributed by atoms with van der Waals surface area (Å²) < 4.78 is 44.4. The number of amides is 1. The fraction of sp³-hybridized carbons (Fsp3) is 0.536. The molecule has 0 spiro atoms. The van der Waals surface area contributed by atoms with Crippen LogP contribution in [0.2, 0.25) is 10.0 Å². The van der Waals surface area contributed by atoms with Crippen molar-refractivity contribution in [2.45, 2.75) is 50.3 Å². The third kappa shape index (κ3) is 7.67. The molecule has 1 unspecified atom stereocenters. The van der Waals surface area contributed by atoms with Gasteiger partial charge in [0.15, 0.2) is 0 Å². The Bertz CT molecular complexity index is 1330. The van der Waals surface area contributed by atoms with Gasteiger partial charge in [0.25, 0.3) is 0 Å². The van der Waals surface area contributed by atoms with Crippen LogP contribution in [0.15, 0.2) is 35.2 Å². The summed E-state index contributed by atoms with van der Waals surface area (Å²) >= 11 is 12.8. The number of likely N-dealkylation sites (N-methyl/N-ethyl adjacent to an activating group) is 1. The van der Waals surface area contributed by atoms with Crippen molar-refractivity contribution in [1.29, 1.82) is 0 Å². The van der Waals surface area contributed by atoms with Crippen molar-refractivity contribution in [2.75, 3.05) is 53.1 Å². The number of rotatable bonds is 10. The number of halogens is 2. The number of carbonyl (C=O) groups excluding carboxylic acids is 1. The molecule has 2 heterocycles. The van der Waals surface area contributed by atoms with Gasteiger partial charge in [-0.25, -0.2) is 13.2 Å². The topological polar surface area (TPSA) is 97.4 Å². The predicted molar refractivity (Wildman–Crippen MR) is 155 cm³/mol. The first-order valence-electron chi connectivity index (χ1n) is 13.3. The lowest BCUT2D eigenvalue weighted by Gasteiger charge is -2.33. The van der Waals surface area contributed by atoms with E-state index in [0.717, 1.165) is 28.8 Å². The second kappa shape index (κ2) is 12.9. The van der Waals surface area contributed by atoms with Gasteiger partial charge in [-0.2, -0.15) is 4.31 Å². The molecule has 0 saturated carbocycles. The molecule has 2 aliphatic rings. The quantitative estimate of drug-likeness (QED) is 0.390. The van der Waals surface area contributed by atoms with Gasteiger partial charge in [0.1, 0.15) is 5.60 Å². The molecule has 12 heteroatoms. The first-order chi connectivity index (χ1) is 18.8. The highest BCUT2D eigenvalue weighted by molar-refractivity contribution is 7.89. The average molecular weight is 615 g/mol. The Hall–Kier alpha value is -1.92. The third-order valence-electron chi connectivity index (χ3n) is 6.72. The molecule has 220 valence electrons. The van der Waals surface area contributed by atoms with E-state index >= 15 is 0 Å². The second-order valence-electron chi connectivity index (χ2n) is 11.1. The van der Waals surface area contributed by atoms with E-state index in [1.807, 2.05) is 25.2 Å². The minimum Gasteiger partial charge on any atom is -0.444 e. The van der Waals surface area contributed by atoms with Crippen LogP contribution in [0.3, 0.4) is 0 Å². The number of nitrogens with one attached hydrogen (secondary N) is 1. The second-order valence-corrected chi connectivity index (χ2v) is 13.8. The van der Waals surface area contributed by atoms with E-state index in [2.05, 4.69) is 10.2 Å². The maximum atomic E-state index is 13.4. The molecule has 1 amide bonds. The van der Waals surface area contributed by atoms with Crippen LogP contribution < -0.4 is 5.32 Å². The van der Waals surface area contributed by atoms with Gasteiger partial charge in [0.05, 0.1) is 31.3 Å². The number of nitrogens with zero attached hydrogens (tertiary/aromatic N) is 2. The van der Waals surface area contributed by atoms with Crippen molar-refractivity contribution in [3.05, 3.63) is 62.6 Å². The fourth-order valence-electron chi connectivity index (χ4n) is 4.93. The number of hydrogen-bond acceptors (Lipinski definition) is 7. The van der Waals surface area contributed by atoms with E-state index in [1.54, 1.807) is 32.9 Å². The highest BCUT2D eigenvalue weighted by Gasteiger charge is 2.36. The van der Waals surface area contributed by atoms with E-state index in [9.17, 15) is 13.2 Å². The van der Waals surface area contributed by atoms with Crippen molar-refractivity contribution in [1.82, 2.24) is 14.5 Å². The molecular weight excluding hydrogens is 577 g/mol. The van der Waals surface area contributed by atoms with Gasteiger partial charge in [0.2, 0.25) is 10.0 Å². The molecule has 40 heavy (non-hydrogen) atoms. The monoisotopic (exact) mass is 613 g/mol. The molecule has 4 rings (SSSR count). The maximum Gasteiger partial charge on any atom is 0.407 e. The fourth-order valence-corrected chi connectivity index (χ4v) is 7.15. The molecule has 9 nitrogen and oxygen atoms in total. The summed E-state index contributed by atoms with van der Waals surface area (Å²) in [6.07, 6.45) is -0.489. The predicted octanol–water partition coefficient (Wildman–Crippen LogP) is 4.63. The van der Waals surface area contributed by atoms with Gasteiger partial charge < -0.3 is 24.4 Å². The van der Waals surface area contributed by atoms with Crippen molar-refractivity contribution >= 4 is 39.3 Å². The van der Waals surface area contributed by atoms with Crippen LogP contribution >= 0.6 is 23.2 Å². The summed E-state index contributed by atoms with van der Waals surface area (Å²) in [7, 11) is -1.61. The zero-order valence-electron chi connectivity index (χ0n) is 23.3. The molecule has 0 saturated heterocycles. The Morgan fingerprint density at radius 3 is 2.50 bits per heavy atom. The van der Waals surface area contributed by atoms with E-state index in [4.69, 9.17) is 37.4 Å². The molecule has 2 aliphatic heterocycles. The largest absolute Gasteiger partial charge is 0.444 e. The molecule has 0 fully saturated rings. The Balaban J connectivity index is 1.27. The van der Waals surface area contributed by atoms with Crippen LogP contribution in [0.25, 0.3) is 0 Å². The lowest BCUT2D eigenvalue weighted by molar-refractivity contribution is 0.0380. The Morgan fingerprint density at radius 2 is 1.77 bits per heavy atom. The van der Waals surface area contributed by atoms with E-state index in [1.165, 1.54) is 4.31 Å². The van der Waals surface area contributed by atoms with E-state index < -0.39 is 21.7 Å². The number of sulfonamides is 1. The molecule has 0 aliphatic carbocycles. The van der Waals surface area contributed by atoms with Crippen molar-refractivity contribution in [2.24, 2.45) is 0 Å². The van der Waals surface area contributed by atoms with Gasteiger partial charge in [0, 0.05) is 48.7 Å². The van der Waals surface area contributed by atoms with Gasteiger partial charge >= 0.3 is 6.09 Å². The Labute approximate surface area is 246 Å².